The Kier molecular flexibility index (Phi) is 7.81. The maximum atomic E-state index is 2.58. The second kappa shape index (κ2) is 9.14. The molecule has 0 saturated heterocycles. The molecule has 0 fully saturated rings. The molecule has 1 aromatic rings. The van der Waals surface area contributed by atoms with Crippen molar-refractivity contribution in [1.82, 2.24) is 4.90 Å². The van der Waals surface area contributed by atoms with E-state index in [1.165, 1.54) is 49.9 Å². The minimum absolute atomic E-state index is 1.11. The van der Waals surface area contributed by atoms with Crippen LogP contribution in [0.3, 0.4) is 0 Å². The Labute approximate surface area is 120 Å². The fraction of sp³-hybridized carbons (Fsp3) is 0.667. The van der Waals surface area contributed by atoms with Gasteiger partial charge >= 0.3 is 0 Å². The molecule has 108 valence electrons. The third kappa shape index (κ3) is 5.36. The van der Waals surface area contributed by atoms with Gasteiger partial charge in [0, 0.05) is 6.54 Å². The Morgan fingerprint density at radius 2 is 1.53 bits per heavy atom. The molecule has 19 heavy (non-hydrogen) atoms. The first kappa shape index (κ1) is 16.2. The average molecular weight is 261 g/mol. The lowest BCUT2D eigenvalue weighted by molar-refractivity contribution is 0.266. The molecule has 0 atom stereocenters. The Bertz CT molecular complexity index is 351. The van der Waals surface area contributed by atoms with E-state index in [0.717, 1.165) is 13.0 Å². The number of rotatable bonds is 9. The smallest absolute Gasteiger partial charge is 0.0233 e. The van der Waals surface area contributed by atoms with Crippen molar-refractivity contribution in [1.29, 1.82) is 0 Å². The molecule has 1 aromatic carbocycles. The van der Waals surface area contributed by atoms with Crippen LogP contribution in [0.15, 0.2) is 18.2 Å². The average Bonchev–Trinajstić information content (AvgIpc) is 2.40. The maximum absolute atomic E-state index is 2.58. The van der Waals surface area contributed by atoms with Crippen LogP contribution in [0.2, 0.25) is 0 Å². The summed E-state index contributed by atoms with van der Waals surface area (Å²) in [5.41, 5.74) is 4.58. The highest BCUT2D eigenvalue weighted by Gasteiger charge is 2.06. The van der Waals surface area contributed by atoms with Crippen LogP contribution in [-0.2, 0) is 19.4 Å². The van der Waals surface area contributed by atoms with Crippen molar-refractivity contribution >= 4 is 0 Å². The summed E-state index contributed by atoms with van der Waals surface area (Å²) in [4.78, 5) is 2.58. The summed E-state index contributed by atoms with van der Waals surface area (Å²) in [6.07, 6.45) is 6.11. The van der Waals surface area contributed by atoms with E-state index in [-0.39, 0.29) is 0 Å². The van der Waals surface area contributed by atoms with Gasteiger partial charge in [0.1, 0.15) is 0 Å². The highest BCUT2D eigenvalue weighted by molar-refractivity contribution is 5.32. The molecule has 0 aliphatic carbocycles. The first-order valence-corrected chi connectivity index (χ1v) is 8.08. The van der Waals surface area contributed by atoms with Gasteiger partial charge in [-0.25, -0.2) is 0 Å². The Hall–Kier alpha value is -0.820. The van der Waals surface area contributed by atoms with Crippen LogP contribution in [0, 0.1) is 0 Å². The van der Waals surface area contributed by atoms with Gasteiger partial charge < -0.3 is 0 Å². The summed E-state index contributed by atoms with van der Waals surface area (Å²) >= 11 is 0. The molecule has 0 saturated carbocycles. The van der Waals surface area contributed by atoms with E-state index in [1.54, 1.807) is 5.56 Å². The predicted molar refractivity (Wildman–Crippen MR) is 85.7 cm³/mol. The summed E-state index contributed by atoms with van der Waals surface area (Å²) < 4.78 is 0. The van der Waals surface area contributed by atoms with E-state index >= 15 is 0 Å². The minimum atomic E-state index is 1.11. The number of hydrogen-bond donors (Lipinski definition) is 0. The molecule has 0 aromatic heterocycles. The molecule has 0 bridgehead atoms. The lowest BCUT2D eigenvalue weighted by Gasteiger charge is -2.21. The summed E-state index contributed by atoms with van der Waals surface area (Å²) in [5, 5.41) is 0. The van der Waals surface area contributed by atoms with E-state index in [0.29, 0.717) is 0 Å². The molecule has 0 radical (unpaired) electrons. The van der Waals surface area contributed by atoms with Crippen LogP contribution in [0.25, 0.3) is 0 Å². The Morgan fingerprint density at radius 3 is 2.05 bits per heavy atom. The Balaban J connectivity index is 2.78. The molecule has 1 rings (SSSR count). The van der Waals surface area contributed by atoms with E-state index in [2.05, 4.69) is 50.8 Å². The minimum Gasteiger partial charge on any atom is -0.299 e. The lowest BCUT2D eigenvalue weighted by Crippen LogP contribution is -2.25. The molecule has 0 aliphatic heterocycles. The van der Waals surface area contributed by atoms with Gasteiger partial charge in [0.2, 0.25) is 0 Å². The van der Waals surface area contributed by atoms with Crippen LogP contribution >= 0.6 is 0 Å². The van der Waals surface area contributed by atoms with E-state index < -0.39 is 0 Å². The molecule has 0 N–H and O–H groups in total. The number of hydrogen-bond acceptors (Lipinski definition) is 1. The first-order chi connectivity index (χ1) is 9.24. The summed E-state index contributed by atoms with van der Waals surface area (Å²) in [5.74, 6) is 0. The molecule has 0 unspecified atom stereocenters. The van der Waals surface area contributed by atoms with Gasteiger partial charge in [0.15, 0.2) is 0 Å². The van der Waals surface area contributed by atoms with Gasteiger partial charge in [-0.2, -0.15) is 0 Å². The fourth-order valence-electron chi connectivity index (χ4n) is 2.79. The summed E-state index contributed by atoms with van der Waals surface area (Å²) in [6, 6.07) is 7.12. The van der Waals surface area contributed by atoms with Gasteiger partial charge in [-0.3, -0.25) is 4.90 Å². The molecule has 1 heteroatoms. The number of aryl methyl sites for hydroxylation is 2. The predicted octanol–water partition coefficient (Wildman–Crippen LogP) is 4.82. The SMILES string of the molecule is CCCc1cc(CN(CCC)CCC)ccc1CC. The highest BCUT2D eigenvalue weighted by Crippen LogP contribution is 2.16. The fourth-order valence-corrected chi connectivity index (χ4v) is 2.79. The van der Waals surface area contributed by atoms with Crippen molar-refractivity contribution in [2.45, 2.75) is 66.3 Å². The molecule has 1 nitrogen and oxygen atoms in total. The molecular weight excluding hydrogens is 230 g/mol. The van der Waals surface area contributed by atoms with Crippen LogP contribution in [0.4, 0.5) is 0 Å². The quantitative estimate of drug-likeness (QED) is 0.616. The van der Waals surface area contributed by atoms with E-state index in [4.69, 9.17) is 0 Å². The van der Waals surface area contributed by atoms with E-state index in [1.807, 2.05) is 0 Å². The number of nitrogens with zero attached hydrogens (tertiary/aromatic N) is 1. The second-order valence-corrected chi connectivity index (χ2v) is 5.48. The second-order valence-electron chi connectivity index (χ2n) is 5.48. The lowest BCUT2D eigenvalue weighted by atomic mass is 9.98. The third-order valence-electron chi connectivity index (χ3n) is 3.66. The van der Waals surface area contributed by atoms with Crippen LogP contribution in [-0.4, -0.2) is 18.0 Å². The van der Waals surface area contributed by atoms with Crippen molar-refractivity contribution in [3.8, 4) is 0 Å². The molecule has 0 aliphatic rings. The third-order valence-corrected chi connectivity index (χ3v) is 3.66. The Morgan fingerprint density at radius 1 is 0.842 bits per heavy atom. The van der Waals surface area contributed by atoms with Gasteiger partial charge in [0.25, 0.3) is 0 Å². The zero-order valence-corrected chi connectivity index (χ0v) is 13.3. The standard InChI is InChI=1S/C18H31N/c1-5-9-18-14-16(10-11-17(18)8-4)15-19(12-6-2)13-7-3/h10-11,14H,5-9,12-13,15H2,1-4H3. The van der Waals surface area contributed by atoms with Gasteiger partial charge in [-0.1, -0.05) is 52.3 Å². The number of benzene rings is 1. The van der Waals surface area contributed by atoms with E-state index in [9.17, 15) is 0 Å². The van der Waals surface area contributed by atoms with Crippen LogP contribution in [0.5, 0.6) is 0 Å². The zero-order chi connectivity index (χ0) is 14.1. The maximum Gasteiger partial charge on any atom is 0.0233 e. The molecule has 0 heterocycles. The van der Waals surface area contributed by atoms with Crippen molar-refractivity contribution in [2.24, 2.45) is 0 Å². The normalized spacial score (nSPS) is 11.2. The van der Waals surface area contributed by atoms with Crippen LogP contribution in [0.1, 0.15) is 63.6 Å². The first-order valence-electron chi connectivity index (χ1n) is 8.08. The van der Waals surface area contributed by atoms with Crippen molar-refractivity contribution in [2.75, 3.05) is 13.1 Å². The summed E-state index contributed by atoms with van der Waals surface area (Å²) in [6.45, 7) is 12.6. The molecular formula is C18H31N. The molecule has 0 amide bonds. The van der Waals surface area contributed by atoms with Crippen molar-refractivity contribution in [3.63, 3.8) is 0 Å². The summed E-state index contributed by atoms with van der Waals surface area (Å²) in [7, 11) is 0. The van der Waals surface area contributed by atoms with Gasteiger partial charge in [0.05, 0.1) is 0 Å². The molecule has 0 spiro atoms. The van der Waals surface area contributed by atoms with Crippen LogP contribution < -0.4 is 0 Å². The largest absolute Gasteiger partial charge is 0.299 e. The monoisotopic (exact) mass is 261 g/mol. The van der Waals surface area contributed by atoms with Gasteiger partial charge in [-0.05, 0) is 55.5 Å². The van der Waals surface area contributed by atoms with Gasteiger partial charge in [-0.15, -0.1) is 0 Å². The highest BCUT2D eigenvalue weighted by atomic mass is 15.1. The van der Waals surface area contributed by atoms with Crippen molar-refractivity contribution in [3.05, 3.63) is 34.9 Å². The topological polar surface area (TPSA) is 3.24 Å². The van der Waals surface area contributed by atoms with Crippen molar-refractivity contribution < 1.29 is 0 Å². The zero-order valence-electron chi connectivity index (χ0n) is 13.3.